The van der Waals surface area contributed by atoms with Crippen LogP contribution in [0.3, 0.4) is 0 Å². The molecule has 0 aliphatic carbocycles. The summed E-state index contributed by atoms with van der Waals surface area (Å²) in [6.45, 7) is 0. The second-order valence-corrected chi connectivity index (χ2v) is 4.99. The third-order valence-corrected chi connectivity index (χ3v) is 3.07. The molecular weight excluding hydrogens is 387 g/mol. The number of halogens is 2. The van der Waals surface area contributed by atoms with Crippen LogP contribution in [-0.2, 0) is 0 Å². The van der Waals surface area contributed by atoms with Crippen LogP contribution < -0.4 is 0 Å². The maximum Gasteiger partial charge on any atom is 0.141 e. The molecule has 7 heteroatoms. The number of phenolic OH excluding ortho intramolecular Hbond substituents is 1. The number of hydrogen-bond donors (Lipinski definition) is 1. The third-order valence-electron chi connectivity index (χ3n) is 1.79. The first-order chi connectivity index (χ1) is 7.66. The number of rotatable bonds is 2. The molecule has 0 amide bonds. The molecule has 0 radical (unpaired) electrons. The van der Waals surface area contributed by atoms with Crippen LogP contribution in [0.25, 0.3) is 0 Å². The minimum atomic E-state index is 0.209. The first-order valence-electron chi connectivity index (χ1n) is 4.24. The lowest BCUT2D eigenvalue weighted by molar-refractivity contribution is 0.470. The highest BCUT2D eigenvalue weighted by Crippen LogP contribution is 2.27. The summed E-state index contributed by atoms with van der Waals surface area (Å²) in [6, 6.07) is 3.61. The Balaban J connectivity index is 2.34. The zero-order chi connectivity index (χ0) is 11.5. The fourth-order valence-electron chi connectivity index (χ4n) is 1.07. The van der Waals surface area contributed by atoms with Crippen molar-refractivity contribution >= 4 is 44.7 Å². The molecule has 2 rings (SSSR count). The van der Waals surface area contributed by atoms with Crippen molar-refractivity contribution in [2.24, 2.45) is 5.10 Å². The maximum absolute atomic E-state index is 9.79. The van der Waals surface area contributed by atoms with Crippen LogP contribution in [0.2, 0.25) is 0 Å². The predicted molar refractivity (Wildman–Crippen MR) is 71.5 cm³/mol. The third kappa shape index (κ3) is 2.59. The molecule has 0 atom stereocenters. The van der Waals surface area contributed by atoms with Crippen LogP contribution in [0.4, 0.5) is 0 Å². The van der Waals surface area contributed by atoms with E-state index >= 15 is 0 Å². The van der Waals surface area contributed by atoms with Crippen LogP contribution in [0.1, 0.15) is 5.56 Å². The molecule has 0 saturated heterocycles. The minimum absolute atomic E-state index is 0.209. The molecule has 82 valence electrons. The quantitative estimate of drug-likeness (QED) is 0.629. The van der Waals surface area contributed by atoms with Gasteiger partial charge >= 0.3 is 0 Å². The molecule has 2 aromatic rings. The number of phenols is 1. The van der Waals surface area contributed by atoms with Crippen LogP contribution >= 0.6 is 38.5 Å². The van der Waals surface area contributed by atoms with E-state index in [1.54, 1.807) is 12.3 Å². The normalized spacial score (nSPS) is 11.1. The summed E-state index contributed by atoms with van der Waals surface area (Å²) in [5.41, 5.74) is 0.632. The average Bonchev–Trinajstić information content (AvgIpc) is 2.74. The van der Waals surface area contributed by atoms with Gasteiger partial charge in [-0.2, -0.15) is 5.10 Å². The number of aromatic hydroxyl groups is 1. The summed E-state index contributed by atoms with van der Waals surface area (Å²) in [6.07, 6.45) is 4.48. The van der Waals surface area contributed by atoms with Gasteiger partial charge in [-0.15, -0.1) is 10.2 Å². The van der Waals surface area contributed by atoms with E-state index in [1.807, 2.05) is 6.07 Å². The molecule has 0 fully saturated rings. The summed E-state index contributed by atoms with van der Waals surface area (Å²) in [7, 11) is 0. The lowest BCUT2D eigenvalue weighted by atomic mass is 10.2. The molecule has 16 heavy (non-hydrogen) atoms. The Hall–Kier alpha value is -0.960. The van der Waals surface area contributed by atoms with Gasteiger partial charge in [-0.05, 0) is 34.7 Å². The molecule has 1 heterocycles. The van der Waals surface area contributed by atoms with Gasteiger partial charge < -0.3 is 5.11 Å². The van der Waals surface area contributed by atoms with Crippen molar-refractivity contribution in [1.29, 1.82) is 0 Å². The summed E-state index contributed by atoms with van der Waals surface area (Å²) < 4.78 is 3.10. The summed E-state index contributed by atoms with van der Waals surface area (Å²) in [5.74, 6) is 0.209. The molecule has 0 aliphatic heterocycles. The number of aromatic nitrogens is 3. The van der Waals surface area contributed by atoms with Crippen molar-refractivity contribution in [2.75, 3.05) is 0 Å². The van der Waals surface area contributed by atoms with Gasteiger partial charge in [-0.1, -0.05) is 15.9 Å². The first kappa shape index (κ1) is 11.5. The molecule has 0 unspecified atom stereocenters. The van der Waals surface area contributed by atoms with Crippen molar-refractivity contribution in [1.82, 2.24) is 14.9 Å². The van der Waals surface area contributed by atoms with Crippen molar-refractivity contribution in [3.05, 3.63) is 38.4 Å². The van der Waals surface area contributed by atoms with Crippen LogP contribution in [-0.4, -0.2) is 26.2 Å². The predicted octanol–water partition coefficient (Wildman–Crippen LogP) is 2.23. The molecule has 1 N–H and O–H groups in total. The van der Waals surface area contributed by atoms with E-state index in [1.165, 1.54) is 17.3 Å². The zero-order valence-electron chi connectivity index (χ0n) is 7.88. The monoisotopic (exact) mass is 392 g/mol. The molecule has 5 nitrogen and oxygen atoms in total. The van der Waals surface area contributed by atoms with Gasteiger partial charge in [0.25, 0.3) is 0 Å². The highest BCUT2D eigenvalue weighted by atomic mass is 127. The second-order valence-electron chi connectivity index (χ2n) is 2.91. The lowest BCUT2D eigenvalue weighted by Gasteiger charge is -2.02. The highest BCUT2D eigenvalue weighted by Gasteiger charge is 2.05. The van der Waals surface area contributed by atoms with E-state index in [9.17, 15) is 5.11 Å². The van der Waals surface area contributed by atoms with E-state index in [4.69, 9.17) is 0 Å². The Bertz CT molecular complexity index is 527. The van der Waals surface area contributed by atoms with Crippen LogP contribution in [0.15, 0.2) is 34.4 Å². The molecule has 0 bridgehead atoms. The van der Waals surface area contributed by atoms with Gasteiger partial charge in [0.05, 0.1) is 9.78 Å². The Morgan fingerprint density at radius 2 is 2.06 bits per heavy atom. The molecule has 1 aromatic heterocycles. The fraction of sp³-hybridized carbons (Fsp3) is 0. The zero-order valence-corrected chi connectivity index (χ0v) is 11.6. The molecule has 0 aliphatic rings. The van der Waals surface area contributed by atoms with Crippen molar-refractivity contribution < 1.29 is 5.11 Å². The van der Waals surface area contributed by atoms with Crippen molar-refractivity contribution in [3.63, 3.8) is 0 Å². The lowest BCUT2D eigenvalue weighted by Crippen LogP contribution is -1.90. The highest BCUT2D eigenvalue weighted by molar-refractivity contribution is 14.1. The largest absolute Gasteiger partial charge is 0.506 e. The topological polar surface area (TPSA) is 63.3 Å². The standard InChI is InChI=1S/C9H6BrIN4O/c10-7-1-6(9(16)8(11)2-7)3-14-15-4-12-13-5-15/h1-5,16H/b14-3+. The average molecular weight is 393 g/mol. The SMILES string of the molecule is Oc1c(I)cc(Br)cc1/C=N/n1cnnc1. The second kappa shape index (κ2) is 4.91. The number of benzene rings is 1. The smallest absolute Gasteiger partial charge is 0.141 e. The van der Waals surface area contributed by atoms with Gasteiger partial charge in [-0.3, -0.25) is 0 Å². The first-order valence-corrected chi connectivity index (χ1v) is 6.11. The molecule has 0 saturated carbocycles. The van der Waals surface area contributed by atoms with Gasteiger partial charge in [-0.25, -0.2) is 4.68 Å². The van der Waals surface area contributed by atoms with E-state index in [0.29, 0.717) is 5.56 Å². The van der Waals surface area contributed by atoms with Crippen molar-refractivity contribution in [2.45, 2.75) is 0 Å². The van der Waals surface area contributed by atoms with E-state index in [0.717, 1.165) is 8.04 Å². The van der Waals surface area contributed by atoms with Gasteiger partial charge in [0, 0.05) is 10.0 Å². The van der Waals surface area contributed by atoms with E-state index < -0.39 is 0 Å². The van der Waals surface area contributed by atoms with Crippen LogP contribution in [0, 0.1) is 3.57 Å². The summed E-state index contributed by atoms with van der Waals surface area (Å²) in [4.78, 5) is 0. The molecular formula is C9H6BrIN4O. The summed E-state index contributed by atoms with van der Waals surface area (Å²) in [5, 5.41) is 21.1. The van der Waals surface area contributed by atoms with Gasteiger partial charge in [0.1, 0.15) is 18.4 Å². The number of hydrogen-bond acceptors (Lipinski definition) is 4. The van der Waals surface area contributed by atoms with Crippen molar-refractivity contribution in [3.8, 4) is 5.75 Å². The Morgan fingerprint density at radius 3 is 2.75 bits per heavy atom. The summed E-state index contributed by atoms with van der Waals surface area (Å²) >= 11 is 5.41. The minimum Gasteiger partial charge on any atom is -0.506 e. The van der Waals surface area contributed by atoms with Gasteiger partial charge in [0.15, 0.2) is 0 Å². The van der Waals surface area contributed by atoms with E-state index in [2.05, 4.69) is 53.8 Å². The number of nitrogens with zero attached hydrogens (tertiary/aromatic N) is 4. The fourth-order valence-corrected chi connectivity index (χ4v) is 2.62. The Morgan fingerprint density at radius 1 is 1.38 bits per heavy atom. The van der Waals surface area contributed by atoms with Crippen LogP contribution in [0.5, 0.6) is 5.75 Å². The molecule has 1 aromatic carbocycles. The molecule has 0 spiro atoms. The Kier molecular flexibility index (Phi) is 3.54. The van der Waals surface area contributed by atoms with Gasteiger partial charge in [0.2, 0.25) is 0 Å². The maximum atomic E-state index is 9.79. The Labute approximate surface area is 113 Å². The van der Waals surface area contributed by atoms with E-state index in [-0.39, 0.29) is 5.75 Å².